The number of amides is 2. The van der Waals surface area contributed by atoms with Crippen LogP contribution < -0.4 is 11.1 Å². The summed E-state index contributed by atoms with van der Waals surface area (Å²) < 4.78 is 0. The lowest BCUT2D eigenvalue weighted by molar-refractivity contribution is -0.389. The number of carbonyl (C=O) groups excluding carboxylic acids is 2. The molecule has 0 unspecified atom stereocenters. The summed E-state index contributed by atoms with van der Waals surface area (Å²) in [7, 11) is 0. The molecule has 0 saturated heterocycles. The SMILES string of the molecule is NC(=O)C[C@H](NC(=O)c1ccc([N+](=O)[O-])[nH]1)C(=O)O. The number of nitrogens with two attached hydrogens (primary N) is 1. The molecule has 0 bridgehead atoms. The van der Waals surface area contributed by atoms with Gasteiger partial charge < -0.3 is 26.3 Å². The van der Waals surface area contributed by atoms with E-state index in [4.69, 9.17) is 10.8 Å². The lowest BCUT2D eigenvalue weighted by Crippen LogP contribution is -2.43. The molecule has 0 saturated carbocycles. The summed E-state index contributed by atoms with van der Waals surface area (Å²) in [6, 6.07) is 0.683. The van der Waals surface area contributed by atoms with Crippen LogP contribution in [0.25, 0.3) is 0 Å². The van der Waals surface area contributed by atoms with Gasteiger partial charge in [-0.2, -0.15) is 0 Å². The van der Waals surface area contributed by atoms with Crippen molar-refractivity contribution in [2.45, 2.75) is 12.5 Å². The van der Waals surface area contributed by atoms with Gasteiger partial charge in [-0.05, 0) is 11.0 Å². The summed E-state index contributed by atoms with van der Waals surface area (Å²) in [5.74, 6) is -3.63. The number of H-pyrrole nitrogens is 1. The Kier molecular flexibility index (Phi) is 4.19. The van der Waals surface area contributed by atoms with E-state index in [1.54, 1.807) is 0 Å². The van der Waals surface area contributed by atoms with Gasteiger partial charge in [0.05, 0.1) is 6.42 Å². The smallest absolute Gasteiger partial charge is 0.326 e. The van der Waals surface area contributed by atoms with Gasteiger partial charge >= 0.3 is 11.8 Å². The van der Waals surface area contributed by atoms with E-state index in [-0.39, 0.29) is 5.69 Å². The molecule has 19 heavy (non-hydrogen) atoms. The Bertz CT molecular complexity index is 537. The van der Waals surface area contributed by atoms with Crippen LogP contribution in [0.3, 0.4) is 0 Å². The first-order chi connectivity index (χ1) is 8.81. The van der Waals surface area contributed by atoms with E-state index in [1.807, 2.05) is 5.32 Å². The molecule has 102 valence electrons. The number of carbonyl (C=O) groups is 3. The van der Waals surface area contributed by atoms with Crippen LogP contribution in [0.1, 0.15) is 16.9 Å². The number of hydrogen-bond donors (Lipinski definition) is 4. The molecule has 0 spiro atoms. The van der Waals surface area contributed by atoms with E-state index in [1.165, 1.54) is 0 Å². The van der Waals surface area contributed by atoms with Gasteiger partial charge in [0, 0.05) is 6.07 Å². The fraction of sp³-hybridized carbons (Fsp3) is 0.222. The third-order valence-electron chi connectivity index (χ3n) is 2.12. The lowest BCUT2D eigenvalue weighted by Gasteiger charge is -2.10. The maximum atomic E-state index is 11.6. The zero-order valence-corrected chi connectivity index (χ0v) is 9.45. The van der Waals surface area contributed by atoms with Crippen LogP contribution >= 0.6 is 0 Å². The van der Waals surface area contributed by atoms with Crippen LogP contribution in [0.2, 0.25) is 0 Å². The molecule has 1 heterocycles. The molecular weight excluding hydrogens is 260 g/mol. The second-order valence-corrected chi connectivity index (χ2v) is 3.55. The number of aromatic amines is 1. The van der Waals surface area contributed by atoms with Gasteiger partial charge in [-0.3, -0.25) is 9.59 Å². The fourth-order valence-electron chi connectivity index (χ4n) is 1.26. The van der Waals surface area contributed by atoms with Gasteiger partial charge in [0.1, 0.15) is 6.04 Å². The Morgan fingerprint density at radius 2 is 2.11 bits per heavy atom. The van der Waals surface area contributed by atoms with Crippen molar-refractivity contribution >= 4 is 23.6 Å². The highest BCUT2D eigenvalue weighted by Crippen LogP contribution is 2.10. The van der Waals surface area contributed by atoms with Gasteiger partial charge in [0.2, 0.25) is 5.91 Å². The molecule has 10 heteroatoms. The monoisotopic (exact) mass is 270 g/mol. The molecular formula is C9H10N4O6. The fourth-order valence-corrected chi connectivity index (χ4v) is 1.26. The van der Waals surface area contributed by atoms with E-state index in [9.17, 15) is 24.5 Å². The Morgan fingerprint density at radius 1 is 1.47 bits per heavy atom. The third-order valence-corrected chi connectivity index (χ3v) is 2.12. The predicted octanol–water partition coefficient (Wildman–Crippen LogP) is -1.02. The van der Waals surface area contributed by atoms with Crippen molar-refractivity contribution < 1.29 is 24.4 Å². The van der Waals surface area contributed by atoms with Crippen molar-refractivity contribution in [1.82, 2.24) is 10.3 Å². The molecule has 0 aliphatic heterocycles. The van der Waals surface area contributed by atoms with E-state index < -0.39 is 41.0 Å². The average molecular weight is 270 g/mol. The minimum absolute atomic E-state index is 0.192. The zero-order valence-electron chi connectivity index (χ0n) is 9.45. The topological polar surface area (TPSA) is 168 Å². The highest BCUT2D eigenvalue weighted by Gasteiger charge is 2.25. The number of nitrogens with one attached hydrogen (secondary N) is 2. The largest absolute Gasteiger partial charge is 0.480 e. The molecule has 1 aromatic heterocycles. The standard InChI is InChI=1S/C9H10N4O6/c10-6(14)3-5(9(16)17)12-8(15)4-1-2-7(11-4)13(18)19/h1-2,5,11H,3H2,(H2,10,14)(H,12,15)(H,16,17)/t5-/m0/s1. The number of carboxylic acids is 1. The maximum Gasteiger partial charge on any atom is 0.326 e. The number of nitrogens with zero attached hydrogens (tertiary/aromatic N) is 1. The number of rotatable bonds is 6. The molecule has 2 amide bonds. The van der Waals surface area contributed by atoms with Crippen molar-refractivity contribution in [3.63, 3.8) is 0 Å². The molecule has 0 aliphatic rings. The van der Waals surface area contributed by atoms with Crippen LogP contribution in [0.5, 0.6) is 0 Å². The molecule has 0 aromatic carbocycles. The van der Waals surface area contributed by atoms with Gasteiger partial charge in [-0.1, -0.05) is 0 Å². The second-order valence-electron chi connectivity index (χ2n) is 3.55. The Hall–Kier alpha value is -2.91. The minimum atomic E-state index is -1.49. The van der Waals surface area contributed by atoms with Gasteiger partial charge in [0.25, 0.3) is 5.91 Å². The van der Waals surface area contributed by atoms with Crippen molar-refractivity contribution in [2.75, 3.05) is 0 Å². The molecule has 1 aromatic rings. The molecule has 0 aliphatic carbocycles. The minimum Gasteiger partial charge on any atom is -0.480 e. The van der Waals surface area contributed by atoms with Crippen LogP contribution in [-0.4, -0.2) is 38.8 Å². The summed E-state index contributed by atoms with van der Waals surface area (Å²) in [6.07, 6.45) is -0.579. The van der Waals surface area contributed by atoms with Crippen molar-refractivity contribution in [3.05, 3.63) is 27.9 Å². The first-order valence-corrected chi connectivity index (χ1v) is 4.96. The van der Waals surface area contributed by atoms with E-state index in [2.05, 4.69) is 4.98 Å². The average Bonchev–Trinajstić information content (AvgIpc) is 2.76. The summed E-state index contributed by atoms with van der Waals surface area (Å²) in [5.41, 5.74) is 4.65. The Labute approximate surface area is 105 Å². The molecule has 1 rings (SSSR count). The zero-order chi connectivity index (χ0) is 14.6. The highest BCUT2D eigenvalue weighted by atomic mass is 16.6. The first-order valence-electron chi connectivity index (χ1n) is 4.96. The number of aromatic nitrogens is 1. The molecule has 10 nitrogen and oxygen atoms in total. The van der Waals surface area contributed by atoms with Crippen LogP contribution in [-0.2, 0) is 9.59 Å². The summed E-state index contributed by atoms with van der Waals surface area (Å²) in [4.78, 5) is 44.9. The maximum absolute atomic E-state index is 11.6. The molecule has 0 radical (unpaired) electrons. The normalized spacial score (nSPS) is 11.6. The second kappa shape index (κ2) is 5.62. The summed E-state index contributed by atoms with van der Waals surface area (Å²) in [6.45, 7) is 0. The number of aliphatic carboxylic acids is 1. The Balaban J connectivity index is 2.78. The quantitative estimate of drug-likeness (QED) is 0.381. The number of nitro groups is 1. The molecule has 1 atom stereocenters. The molecule has 0 fully saturated rings. The van der Waals surface area contributed by atoms with Gasteiger partial charge in [0.15, 0.2) is 5.69 Å². The number of primary amides is 1. The van der Waals surface area contributed by atoms with Crippen molar-refractivity contribution in [1.29, 1.82) is 0 Å². The number of carboxylic acid groups (broad SMARTS) is 1. The van der Waals surface area contributed by atoms with E-state index in [0.717, 1.165) is 12.1 Å². The van der Waals surface area contributed by atoms with Gasteiger partial charge in [-0.15, -0.1) is 0 Å². The molecule has 5 N–H and O–H groups in total. The van der Waals surface area contributed by atoms with Crippen molar-refractivity contribution in [2.24, 2.45) is 5.73 Å². The van der Waals surface area contributed by atoms with E-state index in [0.29, 0.717) is 0 Å². The Morgan fingerprint density at radius 3 is 2.53 bits per heavy atom. The first kappa shape index (κ1) is 14.2. The van der Waals surface area contributed by atoms with Crippen LogP contribution in [0, 0.1) is 10.1 Å². The lowest BCUT2D eigenvalue weighted by atomic mass is 10.2. The highest BCUT2D eigenvalue weighted by molar-refractivity contribution is 5.96. The van der Waals surface area contributed by atoms with Crippen LogP contribution in [0.15, 0.2) is 12.1 Å². The van der Waals surface area contributed by atoms with E-state index >= 15 is 0 Å². The predicted molar refractivity (Wildman–Crippen MR) is 60.1 cm³/mol. The third kappa shape index (κ3) is 3.80. The summed E-state index contributed by atoms with van der Waals surface area (Å²) >= 11 is 0. The summed E-state index contributed by atoms with van der Waals surface area (Å²) in [5, 5.41) is 21.2. The van der Waals surface area contributed by atoms with Crippen LogP contribution in [0.4, 0.5) is 5.82 Å². The van der Waals surface area contributed by atoms with Crippen molar-refractivity contribution in [3.8, 4) is 0 Å². The van der Waals surface area contributed by atoms with Gasteiger partial charge in [-0.25, -0.2) is 9.78 Å². The number of hydrogen-bond acceptors (Lipinski definition) is 5.